The second kappa shape index (κ2) is 7.42. The fourth-order valence-electron chi connectivity index (χ4n) is 4.18. The highest BCUT2D eigenvalue weighted by Crippen LogP contribution is 2.33. The van der Waals surface area contributed by atoms with Gasteiger partial charge in [-0.05, 0) is 48.9 Å². The molecule has 0 bridgehead atoms. The first kappa shape index (κ1) is 20.1. The number of aryl methyl sites for hydroxylation is 3. The van der Waals surface area contributed by atoms with Crippen LogP contribution >= 0.6 is 0 Å². The molecular weight excluding hydrogens is 348 g/mol. The topological polar surface area (TPSA) is 49.4 Å². The largest absolute Gasteiger partial charge is 0.326 e. The molecule has 1 saturated heterocycles. The zero-order valence-corrected chi connectivity index (χ0v) is 17.7. The van der Waals surface area contributed by atoms with Gasteiger partial charge in [0.2, 0.25) is 11.8 Å². The molecule has 4 nitrogen and oxygen atoms in total. The predicted octanol–water partition coefficient (Wildman–Crippen LogP) is 4.90. The van der Waals surface area contributed by atoms with Gasteiger partial charge in [0.15, 0.2) is 0 Å². The molecule has 1 N–H and O–H groups in total. The lowest BCUT2D eigenvalue weighted by Crippen LogP contribution is -2.29. The first-order chi connectivity index (χ1) is 13.1. The molecule has 28 heavy (non-hydrogen) atoms. The van der Waals surface area contributed by atoms with E-state index in [4.69, 9.17) is 0 Å². The zero-order chi connectivity index (χ0) is 20.6. The van der Waals surface area contributed by atoms with E-state index in [0.29, 0.717) is 6.54 Å². The summed E-state index contributed by atoms with van der Waals surface area (Å²) in [7, 11) is 0. The van der Waals surface area contributed by atoms with Crippen molar-refractivity contribution in [1.29, 1.82) is 0 Å². The first-order valence-corrected chi connectivity index (χ1v) is 9.86. The summed E-state index contributed by atoms with van der Waals surface area (Å²) >= 11 is 0. The second-order valence-electron chi connectivity index (χ2n) is 8.94. The van der Waals surface area contributed by atoms with Gasteiger partial charge in [-0.25, -0.2) is 0 Å². The molecule has 2 amide bonds. The summed E-state index contributed by atoms with van der Waals surface area (Å²) in [6, 6.07) is 12.1. The minimum absolute atomic E-state index is 0.0132. The highest BCUT2D eigenvalue weighted by Gasteiger charge is 2.36. The van der Waals surface area contributed by atoms with Crippen LogP contribution in [0.3, 0.4) is 0 Å². The molecule has 1 aliphatic heterocycles. The highest BCUT2D eigenvalue weighted by molar-refractivity contribution is 6.04. The van der Waals surface area contributed by atoms with E-state index in [9.17, 15) is 9.59 Å². The molecule has 1 heterocycles. The average Bonchev–Trinajstić information content (AvgIpc) is 2.95. The number of rotatable bonds is 3. The Labute approximate surface area is 167 Å². The first-order valence-electron chi connectivity index (χ1n) is 9.86. The fraction of sp³-hybridized carbons (Fsp3) is 0.417. The van der Waals surface area contributed by atoms with Crippen LogP contribution in [0.1, 0.15) is 49.4 Å². The number of carbonyl (C=O) groups is 2. The van der Waals surface area contributed by atoms with Crippen LogP contribution in [0.2, 0.25) is 0 Å². The van der Waals surface area contributed by atoms with Gasteiger partial charge in [-0.2, -0.15) is 0 Å². The van der Waals surface area contributed by atoms with Gasteiger partial charge < -0.3 is 10.2 Å². The maximum Gasteiger partial charge on any atom is 0.229 e. The van der Waals surface area contributed by atoms with Gasteiger partial charge in [-0.1, -0.05) is 56.7 Å². The van der Waals surface area contributed by atoms with Crippen molar-refractivity contribution in [3.8, 4) is 0 Å². The molecule has 3 rings (SSSR count). The molecule has 2 aromatic carbocycles. The van der Waals surface area contributed by atoms with Gasteiger partial charge >= 0.3 is 0 Å². The van der Waals surface area contributed by atoms with Crippen LogP contribution in [-0.4, -0.2) is 18.4 Å². The van der Waals surface area contributed by atoms with Crippen molar-refractivity contribution >= 4 is 23.2 Å². The maximum absolute atomic E-state index is 13.0. The van der Waals surface area contributed by atoms with Crippen LogP contribution in [0.5, 0.6) is 0 Å². The summed E-state index contributed by atoms with van der Waals surface area (Å²) in [6.45, 7) is 12.9. The molecule has 1 fully saturated rings. The number of carbonyl (C=O) groups excluding carboxylic acids is 2. The van der Waals surface area contributed by atoms with Crippen molar-refractivity contribution in [3.05, 3.63) is 58.7 Å². The molecular formula is C24H30N2O2. The Morgan fingerprint density at radius 1 is 1.07 bits per heavy atom. The van der Waals surface area contributed by atoms with E-state index in [1.807, 2.05) is 38.1 Å². The van der Waals surface area contributed by atoms with Crippen molar-refractivity contribution in [2.45, 2.75) is 53.4 Å². The standard InChI is InChI=1S/C24H30N2O2/c1-15-11-16(2)22(17(3)12-15)26-14-18(13-21(26)27)23(28)25-20-10-8-7-9-19(20)24(4,5)6/h7-12,18H,13-14H2,1-6H3,(H,25,28). The Bertz CT molecular complexity index is 901. The molecule has 0 aromatic heterocycles. The lowest BCUT2D eigenvalue weighted by molar-refractivity contribution is -0.122. The van der Waals surface area contributed by atoms with Crippen LogP contribution in [-0.2, 0) is 15.0 Å². The van der Waals surface area contributed by atoms with E-state index in [1.165, 1.54) is 5.56 Å². The van der Waals surface area contributed by atoms with E-state index < -0.39 is 0 Å². The number of anilines is 2. The van der Waals surface area contributed by atoms with Gasteiger partial charge in [0.25, 0.3) is 0 Å². The lowest BCUT2D eigenvalue weighted by Gasteiger charge is -2.24. The van der Waals surface area contributed by atoms with Crippen molar-refractivity contribution < 1.29 is 9.59 Å². The number of hydrogen-bond acceptors (Lipinski definition) is 2. The summed E-state index contributed by atoms with van der Waals surface area (Å²) in [6.07, 6.45) is 0.246. The summed E-state index contributed by atoms with van der Waals surface area (Å²) < 4.78 is 0. The van der Waals surface area contributed by atoms with Crippen molar-refractivity contribution in [1.82, 2.24) is 0 Å². The third-order valence-corrected chi connectivity index (χ3v) is 5.39. The van der Waals surface area contributed by atoms with E-state index in [1.54, 1.807) is 4.90 Å². The summed E-state index contributed by atoms with van der Waals surface area (Å²) in [4.78, 5) is 27.4. The van der Waals surface area contributed by atoms with Crippen LogP contribution in [0, 0.1) is 26.7 Å². The monoisotopic (exact) mass is 378 g/mol. The van der Waals surface area contributed by atoms with E-state index in [0.717, 1.165) is 28.1 Å². The second-order valence-corrected chi connectivity index (χ2v) is 8.94. The molecule has 1 unspecified atom stereocenters. The number of nitrogens with one attached hydrogen (secondary N) is 1. The Kier molecular flexibility index (Phi) is 5.33. The molecule has 0 spiro atoms. The summed E-state index contributed by atoms with van der Waals surface area (Å²) in [5.74, 6) is -0.421. The lowest BCUT2D eigenvalue weighted by atomic mass is 9.85. The van der Waals surface area contributed by atoms with Gasteiger partial charge in [0.05, 0.1) is 5.92 Å². The molecule has 4 heteroatoms. The molecule has 2 aromatic rings. The van der Waals surface area contributed by atoms with Crippen molar-refractivity contribution in [3.63, 3.8) is 0 Å². The Balaban J connectivity index is 1.81. The maximum atomic E-state index is 13.0. The molecule has 148 valence electrons. The molecule has 0 saturated carbocycles. The third kappa shape index (κ3) is 3.96. The van der Waals surface area contributed by atoms with Gasteiger partial charge in [0.1, 0.15) is 0 Å². The van der Waals surface area contributed by atoms with Crippen LogP contribution in [0.15, 0.2) is 36.4 Å². The Morgan fingerprint density at radius 2 is 1.68 bits per heavy atom. The number of amides is 2. The summed E-state index contributed by atoms with van der Waals surface area (Å²) in [5, 5.41) is 3.07. The predicted molar refractivity (Wildman–Crippen MR) is 115 cm³/mol. The van der Waals surface area contributed by atoms with E-state index in [2.05, 4.69) is 45.1 Å². The minimum Gasteiger partial charge on any atom is -0.326 e. The van der Waals surface area contributed by atoms with Crippen LogP contribution in [0.4, 0.5) is 11.4 Å². The number of hydrogen-bond donors (Lipinski definition) is 1. The van der Waals surface area contributed by atoms with Crippen LogP contribution < -0.4 is 10.2 Å². The molecule has 0 radical (unpaired) electrons. The van der Waals surface area contributed by atoms with E-state index >= 15 is 0 Å². The number of para-hydroxylation sites is 1. The smallest absolute Gasteiger partial charge is 0.229 e. The van der Waals surface area contributed by atoms with Crippen LogP contribution in [0.25, 0.3) is 0 Å². The molecule has 1 aliphatic rings. The van der Waals surface area contributed by atoms with E-state index in [-0.39, 0.29) is 29.6 Å². The number of benzene rings is 2. The van der Waals surface area contributed by atoms with Gasteiger partial charge in [-0.3, -0.25) is 9.59 Å². The molecule has 0 aliphatic carbocycles. The normalized spacial score (nSPS) is 17.1. The quantitative estimate of drug-likeness (QED) is 0.826. The molecule has 1 atom stereocenters. The average molecular weight is 379 g/mol. The van der Waals surface area contributed by atoms with Crippen molar-refractivity contribution in [2.24, 2.45) is 5.92 Å². The van der Waals surface area contributed by atoms with Gasteiger partial charge in [0, 0.05) is 24.3 Å². The zero-order valence-electron chi connectivity index (χ0n) is 17.7. The number of nitrogens with zero attached hydrogens (tertiary/aromatic N) is 1. The van der Waals surface area contributed by atoms with Crippen molar-refractivity contribution in [2.75, 3.05) is 16.8 Å². The minimum atomic E-state index is -0.347. The summed E-state index contributed by atoms with van der Waals surface area (Å²) in [5.41, 5.74) is 6.12. The Hall–Kier alpha value is -2.62. The third-order valence-electron chi connectivity index (χ3n) is 5.39. The fourth-order valence-corrected chi connectivity index (χ4v) is 4.18. The SMILES string of the molecule is Cc1cc(C)c(N2CC(C(=O)Nc3ccccc3C(C)(C)C)CC2=O)c(C)c1. The van der Waals surface area contributed by atoms with Gasteiger partial charge in [-0.15, -0.1) is 0 Å². The Morgan fingerprint density at radius 3 is 2.29 bits per heavy atom. The highest BCUT2D eigenvalue weighted by atomic mass is 16.2.